The maximum atomic E-state index is 13.7. The third-order valence-electron chi connectivity index (χ3n) is 3.49. The van der Waals surface area contributed by atoms with Gasteiger partial charge in [-0.15, -0.1) is 0 Å². The number of carbonyl (C=O) groups is 1. The number of nitrogens with zero attached hydrogens (tertiary/aromatic N) is 2. The average Bonchev–Trinajstić information content (AvgIpc) is 3.10. The van der Waals surface area contributed by atoms with Crippen LogP contribution in [-0.2, 0) is 11.2 Å². The van der Waals surface area contributed by atoms with Crippen LogP contribution in [0, 0.1) is 5.82 Å². The lowest BCUT2D eigenvalue weighted by molar-refractivity contribution is -0.116. The van der Waals surface area contributed by atoms with E-state index < -0.39 is 0 Å². The molecule has 0 saturated heterocycles. The molecule has 2 heterocycles. The maximum absolute atomic E-state index is 13.7. The molecule has 7 heteroatoms. The van der Waals surface area contributed by atoms with E-state index in [0.717, 1.165) is 0 Å². The second-order valence-corrected chi connectivity index (χ2v) is 5.24. The molecular weight excluding hydrogens is 325 g/mol. The first-order valence-corrected chi connectivity index (χ1v) is 7.65. The van der Waals surface area contributed by atoms with Crippen LogP contribution in [0.1, 0.15) is 12.3 Å². The Bertz CT molecular complexity index is 862. The highest BCUT2D eigenvalue weighted by molar-refractivity contribution is 5.90. The summed E-state index contributed by atoms with van der Waals surface area (Å²) in [4.78, 5) is 20.1. The van der Waals surface area contributed by atoms with Gasteiger partial charge < -0.3 is 14.5 Å². The normalized spacial score (nSPS) is 10.5. The van der Waals surface area contributed by atoms with Crippen molar-refractivity contribution in [3.8, 4) is 17.2 Å². The zero-order valence-corrected chi connectivity index (χ0v) is 13.5. The van der Waals surface area contributed by atoms with E-state index in [0.29, 0.717) is 35.2 Å². The van der Waals surface area contributed by atoms with Crippen LogP contribution in [0.25, 0.3) is 11.3 Å². The molecule has 0 saturated carbocycles. The molecule has 0 aliphatic carbocycles. The molecule has 3 aromatic rings. The largest absolute Gasteiger partial charge is 0.481 e. The molecule has 0 unspecified atom stereocenters. The third-order valence-corrected chi connectivity index (χ3v) is 3.49. The number of ether oxygens (including phenoxy) is 1. The quantitative estimate of drug-likeness (QED) is 0.743. The summed E-state index contributed by atoms with van der Waals surface area (Å²) in [5, 5.41) is 2.72. The van der Waals surface area contributed by atoms with Gasteiger partial charge in [0.2, 0.25) is 11.8 Å². The number of oxazole rings is 1. The molecule has 0 radical (unpaired) electrons. The monoisotopic (exact) mass is 341 g/mol. The number of carbonyl (C=O) groups excluding carboxylic acids is 1. The second-order valence-electron chi connectivity index (χ2n) is 5.24. The van der Waals surface area contributed by atoms with E-state index in [9.17, 15) is 9.18 Å². The number of nitrogens with one attached hydrogen (secondary N) is 1. The molecule has 0 aliphatic rings. The third kappa shape index (κ3) is 4.20. The minimum Gasteiger partial charge on any atom is -0.481 e. The number of aryl methyl sites for hydroxylation is 1. The van der Waals surface area contributed by atoms with Crippen molar-refractivity contribution in [2.75, 3.05) is 12.4 Å². The molecule has 0 fully saturated rings. The molecule has 128 valence electrons. The van der Waals surface area contributed by atoms with Crippen molar-refractivity contribution in [2.24, 2.45) is 0 Å². The second kappa shape index (κ2) is 7.57. The molecule has 1 amide bonds. The number of amides is 1. The SMILES string of the molecule is COc1ccc(NC(=O)CCc2ncc(-c3ccccc3F)o2)cn1. The first-order valence-electron chi connectivity index (χ1n) is 7.65. The van der Waals surface area contributed by atoms with E-state index in [-0.39, 0.29) is 18.1 Å². The van der Waals surface area contributed by atoms with E-state index >= 15 is 0 Å². The van der Waals surface area contributed by atoms with Gasteiger partial charge in [0.25, 0.3) is 0 Å². The van der Waals surface area contributed by atoms with Crippen molar-refractivity contribution < 1.29 is 18.3 Å². The van der Waals surface area contributed by atoms with Gasteiger partial charge in [-0.1, -0.05) is 12.1 Å². The van der Waals surface area contributed by atoms with E-state index in [1.807, 2.05) is 0 Å². The fraction of sp³-hybridized carbons (Fsp3) is 0.167. The molecule has 1 N–H and O–H groups in total. The van der Waals surface area contributed by atoms with Crippen molar-refractivity contribution in [3.63, 3.8) is 0 Å². The van der Waals surface area contributed by atoms with Gasteiger partial charge in [-0.25, -0.2) is 14.4 Å². The van der Waals surface area contributed by atoms with Gasteiger partial charge in [0.05, 0.1) is 30.8 Å². The molecule has 3 rings (SSSR count). The maximum Gasteiger partial charge on any atom is 0.224 e. The Morgan fingerprint density at radius 1 is 1.20 bits per heavy atom. The smallest absolute Gasteiger partial charge is 0.224 e. The number of rotatable bonds is 6. The Morgan fingerprint density at radius 2 is 2.04 bits per heavy atom. The van der Waals surface area contributed by atoms with Gasteiger partial charge in [-0.05, 0) is 18.2 Å². The molecule has 0 bridgehead atoms. The molecule has 1 aromatic carbocycles. The highest BCUT2D eigenvalue weighted by atomic mass is 19.1. The molecule has 0 atom stereocenters. The number of hydrogen-bond acceptors (Lipinski definition) is 5. The molecule has 0 aliphatic heterocycles. The summed E-state index contributed by atoms with van der Waals surface area (Å²) in [5.74, 6) is 0.611. The van der Waals surface area contributed by atoms with Crippen LogP contribution >= 0.6 is 0 Å². The summed E-state index contributed by atoms with van der Waals surface area (Å²) in [7, 11) is 1.52. The van der Waals surface area contributed by atoms with Crippen molar-refractivity contribution >= 4 is 11.6 Å². The van der Waals surface area contributed by atoms with E-state index in [2.05, 4.69) is 15.3 Å². The Balaban J connectivity index is 1.56. The Kier molecular flexibility index (Phi) is 5.03. The number of pyridine rings is 1. The number of anilines is 1. The van der Waals surface area contributed by atoms with Gasteiger partial charge >= 0.3 is 0 Å². The standard InChI is InChI=1S/C18H16FN3O3/c1-24-17-8-6-12(10-20-17)22-16(23)7-9-18-21-11-15(25-18)13-4-2-3-5-14(13)19/h2-6,8,10-11H,7,9H2,1H3,(H,22,23). The van der Waals surface area contributed by atoms with Crippen LogP contribution in [0.4, 0.5) is 10.1 Å². The lowest BCUT2D eigenvalue weighted by atomic mass is 10.2. The van der Waals surface area contributed by atoms with Gasteiger partial charge in [0.15, 0.2) is 11.7 Å². The number of methoxy groups -OCH3 is 1. The summed E-state index contributed by atoms with van der Waals surface area (Å²) in [6.07, 6.45) is 3.46. The Hall–Kier alpha value is -3.22. The lowest BCUT2D eigenvalue weighted by Gasteiger charge is -2.04. The van der Waals surface area contributed by atoms with Crippen LogP contribution in [0.5, 0.6) is 5.88 Å². The first-order chi connectivity index (χ1) is 12.2. The Labute approximate surface area is 143 Å². The summed E-state index contributed by atoms with van der Waals surface area (Å²) < 4.78 is 24.2. The summed E-state index contributed by atoms with van der Waals surface area (Å²) >= 11 is 0. The molecule has 25 heavy (non-hydrogen) atoms. The Morgan fingerprint density at radius 3 is 2.76 bits per heavy atom. The van der Waals surface area contributed by atoms with Crippen molar-refractivity contribution in [1.82, 2.24) is 9.97 Å². The molecular formula is C18H16FN3O3. The zero-order chi connectivity index (χ0) is 17.6. The number of benzene rings is 1. The van der Waals surface area contributed by atoms with E-state index in [1.54, 1.807) is 30.3 Å². The van der Waals surface area contributed by atoms with Crippen LogP contribution in [0.15, 0.2) is 53.2 Å². The van der Waals surface area contributed by atoms with Gasteiger partial charge in [0, 0.05) is 18.9 Å². The topological polar surface area (TPSA) is 77.2 Å². The van der Waals surface area contributed by atoms with E-state index in [4.69, 9.17) is 9.15 Å². The molecule has 6 nitrogen and oxygen atoms in total. The van der Waals surface area contributed by atoms with Crippen LogP contribution in [-0.4, -0.2) is 23.0 Å². The van der Waals surface area contributed by atoms with Crippen LogP contribution in [0.2, 0.25) is 0 Å². The molecule has 2 aromatic heterocycles. The highest BCUT2D eigenvalue weighted by Gasteiger charge is 2.12. The number of halogens is 1. The fourth-order valence-corrected chi connectivity index (χ4v) is 2.23. The summed E-state index contributed by atoms with van der Waals surface area (Å²) in [6, 6.07) is 9.65. The minimum atomic E-state index is -0.380. The average molecular weight is 341 g/mol. The van der Waals surface area contributed by atoms with Crippen molar-refractivity contribution in [2.45, 2.75) is 12.8 Å². The molecule has 0 spiro atoms. The lowest BCUT2D eigenvalue weighted by Crippen LogP contribution is -2.12. The van der Waals surface area contributed by atoms with Crippen molar-refractivity contribution in [3.05, 3.63) is 60.5 Å². The fourth-order valence-electron chi connectivity index (χ4n) is 2.23. The predicted octanol–water partition coefficient (Wildman–Crippen LogP) is 3.46. The first kappa shape index (κ1) is 16.6. The van der Waals surface area contributed by atoms with Crippen molar-refractivity contribution in [1.29, 1.82) is 0 Å². The van der Waals surface area contributed by atoms with Crippen LogP contribution < -0.4 is 10.1 Å². The predicted molar refractivity (Wildman–Crippen MR) is 89.6 cm³/mol. The number of aromatic nitrogens is 2. The summed E-state index contributed by atoms with van der Waals surface area (Å²) in [6.45, 7) is 0. The van der Waals surface area contributed by atoms with Gasteiger partial charge in [-0.2, -0.15) is 0 Å². The minimum absolute atomic E-state index is 0.184. The van der Waals surface area contributed by atoms with Gasteiger partial charge in [-0.3, -0.25) is 4.79 Å². The summed E-state index contributed by atoms with van der Waals surface area (Å²) in [5.41, 5.74) is 0.917. The highest BCUT2D eigenvalue weighted by Crippen LogP contribution is 2.23. The van der Waals surface area contributed by atoms with Crippen LogP contribution in [0.3, 0.4) is 0 Å². The van der Waals surface area contributed by atoms with Gasteiger partial charge in [0.1, 0.15) is 5.82 Å². The van der Waals surface area contributed by atoms with E-state index in [1.165, 1.54) is 25.6 Å². The zero-order valence-electron chi connectivity index (χ0n) is 13.5. The number of hydrogen-bond donors (Lipinski definition) is 1.